The summed E-state index contributed by atoms with van der Waals surface area (Å²) in [5.74, 6) is 2.11. The molecule has 4 unspecified atom stereocenters. The van der Waals surface area contributed by atoms with Crippen LogP contribution in [0.2, 0.25) is 0 Å². The van der Waals surface area contributed by atoms with Crippen molar-refractivity contribution in [2.24, 2.45) is 11.8 Å². The molecular weight excluding hydrogens is 196 g/mol. The fourth-order valence-corrected chi connectivity index (χ4v) is 4.32. The molecule has 2 heteroatoms. The Kier molecular flexibility index (Phi) is 3.21. The van der Waals surface area contributed by atoms with Crippen molar-refractivity contribution >= 4 is 0 Å². The van der Waals surface area contributed by atoms with E-state index in [0.717, 1.165) is 23.9 Å². The number of hydrogen-bond acceptors (Lipinski definition) is 2. The predicted molar refractivity (Wildman–Crippen MR) is 67.5 cm³/mol. The molecule has 92 valence electrons. The standard InChI is InChI=1S/C14H26N2/c1-2-16-7-3-4-13(16)10-15-14-9-11-5-6-12(14)8-11/h11-15H,2-10H2,1H3. The van der Waals surface area contributed by atoms with Crippen molar-refractivity contribution in [1.29, 1.82) is 0 Å². The SMILES string of the molecule is CCN1CCCC1CNC1CC2CCC1C2. The molecule has 3 rings (SSSR count). The second-order valence-corrected chi connectivity index (χ2v) is 6.11. The zero-order valence-electron chi connectivity index (χ0n) is 10.6. The Morgan fingerprint density at radius 2 is 2.12 bits per heavy atom. The minimum absolute atomic E-state index is 0.837. The van der Waals surface area contributed by atoms with Crippen molar-refractivity contribution in [1.82, 2.24) is 10.2 Å². The zero-order chi connectivity index (χ0) is 11.0. The fourth-order valence-electron chi connectivity index (χ4n) is 4.32. The van der Waals surface area contributed by atoms with Gasteiger partial charge in [-0.1, -0.05) is 13.3 Å². The van der Waals surface area contributed by atoms with E-state index in [1.807, 2.05) is 0 Å². The van der Waals surface area contributed by atoms with Crippen LogP contribution in [-0.2, 0) is 0 Å². The molecule has 0 spiro atoms. The normalized spacial score (nSPS) is 43.3. The van der Waals surface area contributed by atoms with Gasteiger partial charge in [0.2, 0.25) is 0 Å². The topological polar surface area (TPSA) is 15.3 Å². The number of nitrogens with one attached hydrogen (secondary N) is 1. The van der Waals surface area contributed by atoms with Gasteiger partial charge in [0.25, 0.3) is 0 Å². The first-order valence-electron chi connectivity index (χ1n) is 7.34. The maximum Gasteiger partial charge on any atom is 0.0221 e. The molecule has 0 amide bonds. The van der Waals surface area contributed by atoms with E-state index in [1.165, 1.54) is 58.2 Å². The van der Waals surface area contributed by atoms with Gasteiger partial charge in [0, 0.05) is 18.6 Å². The number of likely N-dealkylation sites (N-methyl/N-ethyl adjacent to an activating group) is 1. The molecule has 2 bridgehead atoms. The molecule has 1 saturated heterocycles. The summed E-state index contributed by atoms with van der Waals surface area (Å²) < 4.78 is 0. The summed E-state index contributed by atoms with van der Waals surface area (Å²) in [7, 11) is 0. The van der Waals surface area contributed by atoms with Gasteiger partial charge >= 0.3 is 0 Å². The van der Waals surface area contributed by atoms with Crippen molar-refractivity contribution in [2.75, 3.05) is 19.6 Å². The van der Waals surface area contributed by atoms with Crippen molar-refractivity contribution in [3.8, 4) is 0 Å². The molecular formula is C14H26N2. The third-order valence-corrected chi connectivity index (χ3v) is 5.26. The Balaban J connectivity index is 1.46. The van der Waals surface area contributed by atoms with E-state index in [0.29, 0.717) is 0 Å². The summed E-state index contributed by atoms with van der Waals surface area (Å²) >= 11 is 0. The van der Waals surface area contributed by atoms with E-state index >= 15 is 0 Å². The zero-order valence-corrected chi connectivity index (χ0v) is 10.6. The summed E-state index contributed by atoms with van der Waals surface area (Å²) in [5.41, 5.74) is 0. The Bertz CT molecular complexity index is 235. The minimum Gasteiger partial charge on any atom is -0.312 e. The number of hydrogen-bond donors (Lipinski definition) is 1. The van der Waals surface area contributed by atoms with E-state index in [2.05, 4.69) is 17.1 Å². The van der Waals surface area contributed by atoms with E-state index in [1.54, 1.807) is 0 Å². The molecule has 0 radical (unpaired) electrons. The number of likely N-dealkylation sites (tertiary alicyclic amines) is 1. The van der Waals surface area contributed by atoms with Gasteiger partial charge in [0.05, 0.1) is 0 Å². The monoisotopic (exact) mass is 222 g/mol. The van der Waals surface area contributed by atoms with Gasteiger partial charge < -0.3 is 5.32 Å². The average molecular weight is 222 g/mol. The molecule has 1 N–H and O–H groups in total. The van der Waals surface area contributed by atoms with Gasteiger partial charge in [-0.2, -0.15) is 0 Å². The lowest BCUT2D eigenvalue weighted by Gasteiger charge is -2.28. The Morgan fingerprint density at radius 3 is 2.81 bits per heavy atom. The molecule has 0 aromatic carbocycles. The Hall–Kier alpha value is -0.0800. The lowest BCUT2D eigenvalue weighted by atomic mass is 9.95. The number of rotatable bonds is 4. The fraction of sp³-hybridized carbons (Fsp3) is 1.00. The molecule has 2 saturated carbocycles. The summed E-state index contributed by atoms with van der Waals surface area (Å²) in [6.07, 6.45) is 8.86. The lowest BCUT2D eigenvalue weighted by molar-refractivity contribution is 0.241. The van der Waals surface area contributed by atoms with Crippen molar-refractivity contribution in [2.45, 2.75) is 57.5 Å². The maximum absolute atomic E-state index is 3.88. The summed E-state index contributed by atoms with van der Waals surface area (Å²) in [5, 5.41) is 3.88. The minimum atomic E-state index is 0.837. The second kappa shape index (κ2) is 4.66. The molecule has 3 fully saturated rings. The van der Waals surface area contributed by atoms with Gasteiger partial charge in [-0.05, 0) is 57.0 Å². The summed E-state index contributed by atoms with van der Waals surface area (Å²) in [4.78, 5) is 2.65. The molecule has 3 aliphatic rings. The van der Waals surface area contributed by atoms with E-state index in [9.17, 15) is 0 Å². The predicted octanol–water partition coefficient (Wildman–Crippen LogP) is 2.25. The first-order valence-corrected chi connectivity index (χ1v) is 7.34. The molecule has 2 nitrogen and oxygen atoms in total. The number of fused-ring (bicyclic) bond motifs is 2. The van der Waals surface area contributed by atoms with E-state index < -0.39 is 0 Å². The van der Waals surface area contributed by atoms with Crippen molar-refractivity contribution in [3.05, 3.63) is 0 Å². The third kappa shape index (κ3) is 2.02. The van der Waals surface area contributed by atoms with E-state index in [-0.39, 0.29) is 0 Å². The molecule has 1 aliphatic heterocycles. The third-order valence-electron chi connectivity index (χ3n) is 5.26. The van der Waals surface area contributed by atoms with Crippen LogP contribution in [0.1, 0.15) is 45.4 Å². The van der Waals surface area contributed by atoms with Crippen LogP contribution < -0.4 is 5.32 Å². The van der Waals surface area contributed by atoms with Gasteiger partial charge in [-0.15, -0.1) is 0 Å². The van der Waals surface area contributed by atoms with Crippen LogP contribution >= 0.6 is 0 Å². The highest BCUT2D eigenvalue weighted by atomic mass is 15.2. The molecule has 1 heterocycles. The Morgan fingerprint density at radius 1 is 1.19 bits per heavy atom. The van der Waals surface area contributed by atoms with Crippen LogP contribution in [0.4, 0.5) is 0 Å². The van der Waals surface area contributed by atoms with Crippen LogP contribution in [0.5, 0.6) is 0 Å². The Labute approximate surface area is 99.8 Å². The van der Waals surface area contributed by atoms with Gasteiger partial charge in [0.15, 0.2) is 0 Å². The van der Waals surface area contributed by atoms with Crippen LogP contribution in [0.15, 0.2) is 0 Å². The van der Waals surface area contributed by atoms with Gasteiger partial charge in [-0.25, -0.2) is 0 Å². The van der Waals surface area contributed by atoms with Crippen LogP contribution in [0.3, 0.4) is 0 Å². The molecule has 16 heavy (non-hydrogen) atoms. The highest BCUT2D eigenvalue weighted by Gasteiger charge is 2.39. The molecule has 0 aromatic heterocycles. The first kappa shape index (κ1) is 11.0. The summed E-state index contributed by atoms with van der Waals surface area (Å²) in [6, 6.07) is 1.71. The largest absolute Gasteiger partial charge is 0.312 e. The number of nitrogens with zero attached hydrogens (tertiary/aromatic N) is 1. The van der Waals surface area contributed by atoms with Crippen LogP contribution in [0.25, 0.3) is 0 Å². The second-order valence-electron chi connectivity index (χ2n) is 6.11. The summed E-state index contributed by atoms with van der Waals surface area (Å²) in [6.45, 7) is 6.13. The van der Waals surface area contributed by atoms with Gasteiger partial charge in [0.1, 0.15) is 0 Å². The van der Waals surface area contributed by atoms with Crippen LogP contribution in [0, 0.1) is 11.8 Å². The quantitative estimate of drug-likeness (QED) is 0.785. The average Bonchev–Trinajstić information content (AvgIpc) is 3.01. The first-order chi connectivity index (χ1) is 7.86. The van der Waals surface area contributed by atoms with Crippen LogP contribution in [-0.4, -0.2) is 36.6 Å². The smallest absolute Gasteiger partial charge is 0.0221 e. The van der Waals surface area contributed by atoms with E-state index in [4.69, 9.17) is 0 Å². The maximum atomic E-state index is 3.88. The van der Waals surface area contributed by atoms with Gasteiger partial charge in [-0.3, -0.25) is 4.90 Å². The molecule has 0 aromatic rings. The highest BCUT2D eigenvalue weighted by molar-refractivity contribution is 4.95. The lowest BCUT2D eigenvalue weighted by Crippen LogP contribution is -2.43. The van der Waals surface area contributed by atoms with Crippen molar-refractivity contribution < 1.29 is 0 Å². The van der Waals surface area contributed by atoms with Crippen molar-refractivity contribution in [3.63, 3.8) is 0 Å². The molecule has 2 aliphatic carbocycles. The highest BCUT2D eigenvalue weighted by Crippen LogP contribution is 2.44. The molecule has 4 atom stereocenters.